The molecular weight excluding hydrogens is 248 g/mol. The van der Waals surface area contributed by atoms with Gasteiger partial charge in [-0.2, -0.15) is 5.10 Å². The molecular formula is C16H18N4. The van der Waals surface area contributed by atoms with E-state index in [0.29, 0.717) is 5.92 Å². The first-order chi connectivity index (χ1) is 9.59. The van der Waals surface area contributed by atoms with E-state index in [2.05, 4.69) is 42.1 Å². The van der Waals surface area contributed by atoms with Gasteiger partial charge in [0, 0.05) is 29.8 Å². The quantitative estimate of drug-likeness (QED) is 0.774. The molecule has 3 aromatic rings. The van der Waals surface area contributed by atoms with E-state index in [1.807, 2.05) is 25.4 Å². The first kappa shape index (κ1) is 12.7. The van der Waals surface area contributed by atoms with Crippen LogP contribution in [0, 0.1) is 0 Å². The van der Waals surface area contributed by atoms with Crippen LogP contribution in [-0.4, -0.2) is 14.8 Å². The number of hydrogen-bond donors (Lipinski definition) is 1. The number of nitrogens with zero attached hydrogens (tertiary/aromatic N) is 3. The van der Waals surface area contributed by atoms with E-state index in [4.69, 9.17) is 5.73 Å². The Morgan fingerprint density at radius 2 is 1.90 bits per heavy atom. The van der Waals surface area contributed by atoms with Gasteiger partial charge in [0.05, 0.1) is 5.52 Å². The number of nitrogen functional groups attached to an aromatic ring is 1. The second-order valence-electron chi connectivity index (χ2n) is 5.31. The van der Waals surface area contributed by atoms with Gasteiger partial charge < -0.3 is 5.73 Å². The molecule has 4 heteroatoms. The van der Waals surface area contributed by atoms with E-state index in [1.165, 1.54) is 0 Å². The second kappa shape index (κ2) is 4.63. The number of benzene rings is 1. The van der Waals surface area contributed by atoms with E-state index in [9.17, 15) is 0 Å². The maximum absolute atomic E-state index is 6.17. The van der Waals surface area contributed by atoms with E-state index in [-0.39, 0.29) is 0 Å². The molecule has 0 saturated carbocycles. The fourth-order valence-electron chi connectivity index (χ4n) is 2.62. The molecule has 0 saturated heterocycles. The van der Waals surface area contributed by atoms with Crippen LogP contribution in [0.15, 0.2) is 36.5 Å². The standard InChI is InChI=1S/C16H18N4/c1-10(2)13-15(19-20(3)16(13)17)12-8-4-6-11-7-5-9-18-14(11)12/h4-10H,17H2,1-3H3. The number of nitrogens with two attached hydrogens (primary N) is 1. The summed E-state index contributed by atoms with van der Waals surface area (Å²) in [5, 5.41) is 5.72. The lowest BCUT2D eigenvalue weighted by Gasteiger charge is -2.09. The van der Waals surface area contributed by atoms with Crippen molar-refractivity contribution >= 4 is 16.7 Å². The Labute approximate surface area is 118 Å². The summed E-state index contributed by atoms with van der Waals surface area (Å²) in [5.41, 5.74) is 10.2. The molecule has 0 aliphatic rings. The highest BCUT2D eigenvalue weighted by Gasteiger charge is 2.19. The fourth-order valence-corrected chi connectivity index (χ4v) is 2.62. The van der Waals surface area contributed by atoms with Crippen molar-refractivity contribution in [3.05, 3.63) is 42.1 Å². The molecule has 20 heavy (non-hydrogen) atoms. The highest BCUT2D eigenvalue weighted by molar-refractivity contribution is 5.94. The zero-order chi connectivity index (χ0) is 14.3. The van der Waals surface area contributed by atoms with Crippen molar-refractivity contribution in [2.24, 2.45) is 7.05 Å². The Morgan fingerprint density at radius 1 is 1.15 bits per heavy atom. The molecule has 2 heterocycles. The van der Waals surface area contributed by atoms with Crippen LogP contribution in [0.4, 0.5) is 5.82 Å². The molecule has 4 nitrogen and oxygen atoms in total. The lowest BCUT2D eigenvalue weighted by molar-refractivity contribution is 0.780. The first-order valence-electron chi connectivity index (χ1n) is 6.76. The Balaban J connectivity index is 2.34. The van der Waals surface area contributed by atoms with Gasteiger partial charge in [-0.05, 0) is 12.0 Å². The average Bonchev–Trinajstić information content (AvgIpc) is 2.74. The van der Waals surface area contributed by atoms with Gasteiger partial charge in [-0.15, -0.1) is 0 Å². The number of fused-ring (bicyclic) bond motifs is 1. The van der Waals surface area contributed by atoms with E-state index in [0.717, 1.165) is 33.5 Å². The Bertz CT molecular complexity index is 766. The van der Waals surface area contributed by atoms with Crippen LogP contribution in [0.3, 0.4) is 0 Å². The molecule has 2 aromatic heterocycles. The lowest BCUT2D eigenvalue weighted by Crippen LogP contribution is -2.00. The van der Waals surface area contributed by atoms with Crippen LogP contribution < -0.4 is 5.73 Å². The van der Waals surface area contributed by atoms with E-state index >= 15 is 0 Å². The van der Waals surface area contributed by atoms with Gasteiger partial charge >= 0.3 is 0 Å². The number of aryl methyl sites for hydroxylation is 1. The maximum Gasteiger partial charge on any atom is 0.125 e. The summed E-state index contributed by atoms with van der Waals surface area (Å²) in [7, 11) is 1.88. The largest absolute Gasteiger partial charge is 0.384 e. The van der Waals surface area contributed by atoms with Crippen molar-refractivity contribution in [1.82, 2.24) is 14.8 Å². The normalized spacial score (nSPS) is 11.4. The summed E-state index contributed by atoms with van der Waals surface area (Å²) in [6, 6.07) is 10.2. The topological polar surface area (TPSA) is 56.7 Å². The molecule has 1 aromatic carbocycles. The molecule has 2 N–H and O–H groups in total. The van der Waals surface area contributed by atoms with Crippen LogP contribution in [0.1, 0.15) is 25.3 Å². The molecule has 0 bridgehead atoms. The molecule has 0 unspecified atom stereocenters. The highest BCUT2D eigenvalue weighted by atomic mass is 15.3. The minimum absolute atomic E-state index is 0.317. The van der Waals surface area contributed by atoms with Crippen LogP contribution >= 0.6 is 0 Å². The molecule has 102 valence electrons. The monoisotopic (exact) mass is 266 g/mol. The van der Waals surface area contributed by atoms with Crippen molar-refractivity contribution in [3.63, 3.8) is 0 Å². The van der Waals surface area contributed by atoms with Crippen LogP contribution in [0.2, 0.25) is 0 Å². The maximum atomic E-state index is 6.17. The second-order valence-corrected chi connectivity index (χ2v) is 5.31. The fraction of sp³-hybridized carbons (Fsp3) is 0.250. The molecule has 0 atom stereocenters. The zero-order valence-electron chi connectivity index (χ0n) is 12.0. The Hall–Kier alpha value is -2.36. The third-order valence-electron chi connectivity index (χ3n) is 3.59. The summed E-state index contributed by atoms with van der Waals surface area (Å²) < 4.78 is 1.74. The smallest absolute Gasteiger partial charge is 0.125 e. The number of pyridine rings is 1. The average molecular weight is 266 g/mol. The molecule has 0 amide bonds. The van der Waals surface area contributed by atoms with Gasteiger partial charge in [-0.1, -0.05) is 38.1 Å². The van der Waals surface area contributed by atoms with Gasteiger partial charge in [-0.3, -0.25) is 9.67 Å². The van der Waals surface area contributed by atoms with Crippen molar-refractivity contribution in [2.45, 2.75) is 19.8 Å². The van der Waals surface area contributed by atoms with E-state index in [1.54, 1.807) is 4.68 Å². The molecule has 0 spiro atoms. The number of anilines is 1. The molecule has 0 aliphatic carbocycles. The van der Waals surface area contributed by atoms with Gasteiger partial charge in [0.25, 0.3) is 0 Å². The Kier molecular flexibility index (Phi) is 2.93. The number of rotatable bonds is 2. The summed E-state index contributed by atoms with van der Waals surface area (Å²) in [6.45, 7) is 4.27. The van der Waals surface area contributed by atoms with E-state index < -0.39 is 0 Å². The minimum Gasteiger partial charge on any atom is -0.384 e. The first-order valence-corrected chi connectivity index (χ1v) is 6.76. The summed E-state index contributed by atoms with van der Waals surface area (Å²) in [6.07, 6.45) is 1.81. The number of para-hydroxylation sites is 1. The third kappa shape index (κ3) is 1.84. The van der Waals surface area contributed by atoms with Gasteiger partial charge in [0.1, 0.15) is 11.5 Å². The summed E-state index contributed by atoms with van der Waals surface area (Å²) >= 11 is 0. The lowest BCUT2D eigenvalue weighted by atomic mass is 9.97. The summed E-state index contributed by atoms with van der Waals surface area (Å²) in [4.78, 5) is 4.51. The van der Waals surface area contributed by atoms with Crippen molar-refractivity contribution < 1.29 is 0 Å². The SMILES string of the molecule is CC(C)c1c(-c2cccc3cccnc23)nn(C)c1N. The van der Waals surface area contributed by atoms with Crippen molar-refractivity contribution in [3.8, 4) is 11.3 Å². The van der Waals surface area contributed by atoms with Crippen molar-refractivity contribution in [1.29, 1.82) is 0 Å². The molecule has 0 fully saturated rings. The molecule has 0 aliphatic heterocycles. The third-order valence-corrected chi connectivity index (χ3v) is 3.59. The van der Waals surface area contributed by atoms with Gasteiger partial charge in [0.15, 0.2) is 0 Å². The minimum atomic E-state index is 0.317. The zero-order valence-corrected chi connectivity index (χ0v) is 12.0. The predicted octanol–water partition coefficient (Wildman–Crippen LogP) is 3.34. The van der Waals surface area contributed by atoms with Gasteiger partial charge in [0.2, 0.25) is 0 Å². The van der Waals surface area contributed by atoms with Crippen molar-refractivity contribution in [2.75, 3.05) is 5.73 Å². The van der Waals surface area contributed by atoms with Crippen LogP contribution in [0.5, 0.6) is 0 Å². The highest BCUT2D eigenvalue weighted by Crippen LogP contribution is 2.35. The van der Waals surface area contributed by atoms with Crippen LogP contribution in [0.25, 0.3) is 22.2 Å². The number of aromatic nitrogens is 3. The predicted molar refractivity (Wildman–Crippen MR) is 82.4 cm³/mol. The Morgan fingerprint density at radius 3 is 2.65 bits per heavy atom. The number of hydrogen-bond acceptors (Lipinski definition) is 3. The molecule has 0 radical (unpaired) electrons. The van der Waals surface area contributed by atoms with Crippen LogP contribution in [-0.2, 0) is 7.05 Å². The van der Waals surface area contributed by atoms with Gasteiger partial charge in [-0.25, -0.2) is 0 Å². The summed E-state index contributed by atoms with van der Waals surface area (Å²) in [5.74, 6) is 1.04. The molecule has 3 rings (SSSR count).